The van der Waals surface area contributed by atoms with E-state index < -0.39 is 6.04 Å². The molecule has 1 atom stereocenters. The van der Waals surface area contributed by atoms with Gasteiger partial charge in [0.1, 0.15) is 18.7 Å². The Bertz CT molecular complexity index is 487. The van der Waals surface area contributed by atoms with Gasteiger partial charge in [0.25, 0.3) is 0 Å². The predicted octanol–water partition coefficient (Wildman–Crippen LogP) is 2.26. The summed E-state index contributed by atoms with van der Waals surface area (Å²) >= 11 is 5.20. The van der Waals surface area contributed by atoms with Gasteiger partial charge < -0.3 is 0 Å². The van der Waals surface area contributed by atoms with Crippen LogP contribution in [0.15, 0.2) is 43.0 Å². The number of halogens is 1. The van der Waals surface area contributed by atoms with Gasteiger partial charge in [-0.2, -0.15) is 5.10 Å². The molecular formula is C12H12ClN3O2. The largest absolute Gasteiger partial charge is 0.292 e. The Morgan fingerprint density at radius 3 is 2.78 bits per heavy atom. The zero-order valence-electron chi connectivity index (χ0n) is 9.57. The highest BCUT2D eigenvalue weighted by Crippen LogP contribution is 2.17. The molecule has 5 nitrogen and oxygen atoms in total. The summed E-state index contributed by atoms with van der Waals surface area (Å²) in [5, 5.41) is 4.00. The van der Waals surface area contributed by atoms with E-state index in [2.05, 4.69) is 14.4 Å². The minimum atomic E-state index is -0.450. The maximum absolute atomic E-state index is 12.4. The normalized spacial score (nSPS) is 12.3. The summed E-state index contributed by atoms with van der Waals surface area (Å²) in [6, 6.07) is 8.60. The van der Waals surface area contributed by atoms with Crippen molar-refractivity contribution < 1.29 is 9.08 Å². The highest BCUT2D eigenvalue weighted by atomic mass is 35.5. The molecule has 0 fully saturated rings. The van der Waals surface area contributed by atoms with Crippen LogP contribution in [0.5, 0.6) is 0 Å². The zero-order valence-corrected chi connectivity index (χ0v) is 10.3. The Kier molecular flexibility index (Phi) is 4.44. The Balaban J connectivity index is 2.21. The second-order valence-corrected chi connectivity index (χ2v) is 3.94. The van der Waals surface area contributed by atoms with Gasteiger partial charge in [0.05, 0.1) is 18.5 Å². The van der Waals surface area contributed by atoms with E-state index in [9.17, 15) is 4.79 Å². The minimum Gasteiger partial charge on any atom is -0.292 e. The van der Waals surface area contributed by atoms with Crippen molar-refractivity contribution in [1.82, 2.24) is 14.8 Å². The lowest BCUT2D eigenvalue weighted by Gasteiger charge is -2.14. The Labute approximate surface area is 110 Å². The Hall–Kier alpha value is -1.72. The molecule has 0 aliphatic heterocycles. The van der Waals surface area contributed by atoms with Crippen molar-refractivity contribution in [3.05, 3.63) is 48.5 Å². The first kappa shape index (κ1) is 12.7. The number of aromatic nitrogens is 3. The molecule has 0 saturated heterocycles. The van der Waals surface area contributed by atoms with Gasteiger partial charge in [-0.1, -0.05) is 30.3 Å². The second kappa shape index (κ2) is 6.28. The van der Waals surface area contributed by atoms with Crippen molar-refractivity contribution in [2.75, 3.05) is 6.61 Å². The molecule has 0 bridgehead atoms. The summed E-state index contributed by atoms with van der Waals surface area (Å²) in [6.07, 6.45) is 3.35. The molecule has 1 unspecified atom stereocenters. The summed E-state index contributed by atoms with van der Waals surface area (Å²) in [6.45, 7) is 0.269. The van der Waals surface area contributed by atoms with E-state index in [1.165, 1.54) is 17.3 Å². The molecule has 18 heavy (non-hydrogen) atoms. The van der Waals surface area contributed by atoms with E-state index in [4.69, 9.17) is 11.9 Å². The van der Waals surface area contributed by atoms with Crippen LogP contribution in [0.3, 0.4) is 0 Å². The molecule has 0 aliphatic rings. The van der Waals surface area contributed by atoms with Crippen molar-refractivity contribution in [2.24, 2.45) is 0 Å². The first-order chi connectivity index (χ1) is 8.83. The third-order valence-electron chi connectivity index (χ3n) is 2.59. The van der Waals surface area contributed by atoms with Gasteiger partial charge >= 0.3 is 0 Å². The maximum Gasteiger partial charge on any atom is 0.187 e. The minimum absolute atomic E-state index is 0.0326. The van der Waals surface area contributed by atoms with E-state index in [1.54, 1.807) is 12.1 Å². The van der Waals surface area contributed by atoms with Crippen LogP contribution in [0.4, 0.5) is 0 Å². The fourth-order valence-electron chi connectivity index (χ4n) is 1.71. The lowest BCUT2D eigenvalue weighted by molar-refractivity contribution is 0.0898. The van der Waals surface area contributed by atoms with E-state index in [-0.39, 0.29) is 12.4 Å². The summed E-state index contributed by atoms with van der Waals surface area (Å²) in [7, 11) is 0. The fraction of sp³-hybridized carbons (Fsp3) is 0.250. The molecule has 0 spiro atoms. The van der Waals surface area contributed by atoms with Gasteiger partial charge in [-0.3, -0.25) is 9.08 Å². The lowest BCUT2D eigenvalue weighted by Crippen LogP contribution is -2.21. The fourth-order valence-corrected chi connectivity index (χ4v) is 1.80. The smallest absolute Gasteiger partial charge is 0.187 e. The molecule has 6 heteroatoms. The van der Waals surface area contributed by atoms with Gasteiger partial charge in [0.15, 0.2) is 5.78 Å². The van der Waals surface area contributed by atoms with Crippen LogP contribution < -0.4 is 0 Å². The second-order valence-electron chi connectivity index (χ2n) is 3.72. The molecule has 0 saturated carbocycles. The average molecular weight is 266 g/mol. The van der Waals surface area contributed by atoms with Crippen LogP contribution in [0, 0.1) is 0 Å². The predicted molar refractivity (Wildman–Crippen MR) is 66.3 cm³/mol. The summed E-state index contributed by atoms with van der Waals surface area (Å²) in [5.74, 6) is -0.0326. The number of hydrogen-bond acceptors (Lipinski definition) is 4. The topological polar surface area (TPSA) is 57.0 Å². The number of ketones is 1. The molecule has 0 radical (unpaired) electrons. The molecular weight excluding hydrogens is 254 g/mol. The number of carbonyl (C=O) groups is 1. The molecule has 0 aliphatic carbocycles. The molecule has 1 heterocycles. The zero-order chi connectivity index (χ0) is 12.8. The van der Waals surface area contributed by atoms with Crippen LogP contribution in [-0.2, 0) is 4.29 Å². The summed E-state index contributed by atoms with van der Waals surface area (Å²) in [5.41, 5.74) is 0.632. The number of nitrogens with zero attached hydrogens (tertiary/aromatic N) is 3. The van der Waals surface area contributed by atoms with Gasteiger partial charge in [-0.05, 0) is 0 Å². The van der Waals surface area contributed by atoms with E-state index in [1.807, 2.05) is 18.2 Å². The van der Waals surface area contributed by atoms with Crippen molar-refractivity contribution in [1.29, 1.82) is 0 Å². The number of hydrogen-bond donors (Lipinski definition) is 0. The van der Waals surface area contributed by atoms with Crippen LogP contribution in [0.2, 0.25) is 0 Å². The van der Waals surface area contributed by atoms with Gasteiger partial charge in [-0.15, -0.1) is 0 Å². The molecule has 0 amide bonds. The van der Waals surface area contributed by atoms with E-state index >= 15 is 0 Å². The first-order valence-electron chi connectivity index (χ1n) is 5.50. The SMILES string of the molecule is O=C(c1ccccc1)C(CCOCl)n1cncn1. The first-order valence-corrected chi connectivity index (χ1v) is 5.80. The van der Waals surface area contributed by atoms with Crippen LogP contribution in [0.1, 0.15) is 22.8 Å². The third-order valence-corrected chi connectivity index (χ3v) is 2.74. The van der Waals surface area contributed by atoms with E-state index in [0.29, 0.717) is 12.0 Å². The lowest BCUT2D eigenvalue weighted by atomic mass is 10.0. The highest BCUT2D eigenvalue weighted by Gasteiger charge is 2.22. The molecule has 94 valence electrons. The van der Waals surface area contributed by atoms with Crippen LogP contribution >= 0.6 is 11.9 Å². The van der Waals surface area contributed by atoms with Crippen molar-refractivity contribution in [3.63, 3.8) is 0 Å². The number of carbonyl (C=O) groups excluding carboxylic acids is 1. The van der Waals surface area contributed by atoms with Gasteiger partial charge in [0.2, 0.25) is 0 Å². The standard InChI is InChI=1S/C12H12ClN3O2/c13-18-7-6-11(16-9-14-8-15-16)12(17)10-4-2-1-3-5-10/h1-5,8-9,11H,6-7H2. The van der Waals surface area contributed by atoms with Gasteiger partial charge in [0, 0.05) is 12.0 Å². The molecule has 2 aromatic rings. The van der Waals surface area contributed by atoms with Crippen molar-refractivity contribution in [2.45, 2.75) is 12.5 Å². The molecule has 1 aromatic heterocycles. The molecule has 1 aromatic carbocycles. The van der Waals surface area contributed by atoms with Crippen LogP contribution in [0.25, 0.3) is 0 Å². The van der Waals surface area contributed by atoms with Gasteiger partial charge in [-0.25, -0.2) is 9.67 Å². The third kappa shape index (κ3) is 2.94. The average Bonchev–Trinajstić information content (AvgIpc) is 2.94. The number of benzene rings is 1. The van der Waals surface area contributed by atoms with E-state index in [0.717, 1.165) is 0 Å². The Morgan fingerprint density at radius 2 is 2.17 bits per heavy atom. The number of Topliss-reactive ketones (excluding diaryl/α,β-unsaturated/α-hetero) is 1. The molecule has 0 N–H and O–H groups in total. The summed E-state index contributed by atoms with van der Waals surface area (Å²) < 4.78 is 6.03. The Morgan fingerprint density at radius 1 is 1.39 bits per heavy atom. The van der Waals surface area contributed by atoms with Crippen LogP contribution in [-0.4, -0.2) is 27.2 Å². The summed E-state index contributed by atoms with van der Waals surface area (Å²) in [4.78, 5) is 16.2. The quantitative estimate of drug-likeness (QED) is 0.752. The van der Waals surface area contributed by atoms with Crippen molar-refractivity contribution >= 4 is 17.6 Å². The highest BCUT2D eigenvalue weighted by molar-refractivity contribution is 6.07. The number of rotatable bonds is 6. The maximum atomic E-state index is 12.4. The molecule has 2 rings (SSSR count). The van der Waals surface area contributed by atoms with Crippen molar-refractivity contribution in [3.8, 4) is 0 Å². The monoisotopic (exact) mass is 265 g/mol.